The van der Waals surface area contributed by atoms with Crippen LogP contribution in [0.5, 0.6) is 0 Å². The molecule has 0 fully saturated rings. The SMILES string of the molecule is Cc1ccc(Nc2c(-c3ccc(F)cc3F)nc3n2C=CN(C(=O)CN)C3)cc1. The lowest BCUT2D eigenvalue weighted by molar-refractivity contribution is -0.127. The number of fused-ring (bicyclic) bond motifs is 1. The van der Waals surface area contributed by atoms with Crippen LogP contribution in [0.1, 0.15) is 11.4 Å². The van der Waals surface area contributed by atoms with E-state index in [0.717, 1.165) is 17.3 Å². The quantitative estimate of drug-likeness (QED) is 0.708. The molecule has 1 amide bonds. The molecule has 3 aromatic rings. The van der Waals surface area contributed by atoms with Crippen molar-refractivity contribution >= 4 is 23.6 Å². The highest BCUT2D eigenvalue weighted by Gasteiger charge is 2.25. The normalized spacial score (nSPS) is 12.8. The molecular weight excluding hydrogens is 376 g/mol. The summed E-state index contributed by atoms with van der Waals surface area (Å²) < 4.78 is 29.7. The van der Waals surface area contributed by atoms with E-state index in [2.05, 4.69) is 10.3 Å². The molecule has 0 spiro atoms. The Morgan fingerprint density at radius 1 is 1.17 bits per heavy atom. The first-order chi connectivity index (χ1) is 14.0. The van der Waals surface area contributed by atoms with E-state index in [4.69, 9.17) is 5.73 Å². The maximum absolute atomic E-state index is 14.5. The third kappa shape index (κ3) is 3.62. The van der Waals surface area contributed by atoms with Crippen molar-refractivity contribution in [2.45, 2.75) is 13.5 Å². The zero-order valence-corrected chi connectivity index (χ0v) is 15.7. The van der Waals surface area contributed by atoms with Crippen LogP contribution >= 0.6 is 0 Å². The van der Waals surface area contributed by atoms with Crippen LogP contribution in [0.4, 0.5) is 20.3 Å². The number of nitrogens with zero attached hydrogens (tertiary/aromatic N) is 3. The second-order valence-electron chi connectivity index (χ2n) is 6.73. The number of imidazole rings is 1. The minimum absolute atomic E-state index is 0.126. The molecule has 0 atom stereocenters. The molecule has 0 radical (unpaired) electrons. The Balaban J connectivity index is 1.82. The molecule has 0 bridgehead atoms. The van der Waals surface area contributed by atoms with Crippen molar-refractivity contribution in [3.8, 4) is 11.3 Å². The first-order valence-corrected chi connectivity index (χ1v) is 9.04. The number of benzene rings is 2. The van der Waals surface area contributed by atoms with E-state index in [1.54, 1.807) is 17.0 Å². The number of carbonyl (C=O) groups is 1. The lowest BCUT2D eigenvalue weighted by atomic mass is 10.1. The van der Waals surface area contributed by atoms with E-state index in [0.29, 0.717) is 17.3 Å². The number of amides is 1. The zero-order valence-electron chi connectivity index (χ0n) is 15.7. The van der Waals surface area contributed by atoms with Gasteiger partial charge in [-0.2, -0.15) is 0 Å². The number of hydrogen-bond donors (Lipinski definition) is 2. The maximum atomic E-state index is 14.5. The summed E-state index contributed by atoms with van der Waals surface area (Å²) in [4.78, 5) is 17.9. The van der Waals surface area contributed by atoms with Crippen molar-refractivity contribution in [3.05, 3.63) is 71.7 Å². The van der Waals surface area contributed by atoms with E-state index in [9.17, 15) is 13.6 Å². The Bertz CT molecular complexity index is 1110. The van der Waals surface area contributed by atoms with Crippen molar-refractivity contribution in [1.29, 1.82) is 0 Å². The standard InChI is InChI=1S/C21H19F2N5O/c1-13-2-5-15(6-3-13)25-21-20(16-7-4-14(22)10-17(16)23)26-18-12-27(19(29)11-24)8-9-28(18)21/h2-10,25H,11-12,24H2,1H3. The van der Waals surface area contributed by atoms with Crippen LogP contribution in [0.2, 0.25) is 0 Å². The summed E-state index contributed by atoms with van der Waals surface area (Å²) in [5.74, 6) is -0.583. The molecule has 0 saturated carbocycles. The lowest BCUT2D eigenvalue weighted by Gasteiger charge is -2.22. The largest absolute Gasteiger partial charge is 0.339 e. The molecule has 1 aliphatic rings. The van der Waals surface area contributed by atoms with Crippen molar-refractivity contribution in [1.82, 2.24) is 14.5 Å². The number of nitrogens with one attached hydrogen (secondary N) is 1. The molecule has 0 unspecified atom stereocenters. The molecule has 8 heteroatoms. The van der Waals surface area contributed by atoms with Gasteiger partial charge in [0.15, 0.2) is 0 Å². The maximum Gasteiger partial charge on any atom is 0.240 e. The van der Waals surface area contributed by atoms with Crippen LogP contribution in [0.25, 0.3) is 17.5 Å². The molecule has 1 aromatic heterocycles. The topological polar surface area (TPSA) is 76.2 Å². The van der Waals surface area contributed by atoms with Gasteiger partial charge in [-0.25, -0.2) is 13.8 Å². The van der Waals surface area contributed by atoms with E-state index in [1.807, 2.05) is 31.2 Å². The molecule has 2 heterocycles. The number of hydrogen-bond acceptors (Lipinski definition) is 4. The number of aryl methyl sites for hydroxylation is 1. The fourth-order valence-electron chi connectivity index (χ4n) is 3.15. The van der Waals surface area contributed by atoms with Gasteiger partial charge in [0.2, 0.25) is 5.91 Å². The minimum Gasteiger partial charge on any atom is -0.339 e. The van der Waals surface area contributed by atoms with Crippen LogP contribution in [0.15, 0.2) is 48.7 Å². The highest BCUT2D eigenvalue weighted by atomic mass is 19.1. The third-order valence-electron chi connectivity index (χ3n) is 4.69. The Hall–Kier alpha value is -3.52. The number of halogens is 2. The highest BCUT2D eigenvalue weighted by molar-refractivity contribution is 5.82. The van der Waals surface area contributed by atoms with Crippen LogP contribution in [0, 0.1) is 18.6 Å². The second-order valence-corrected chi connectivity index (χ2v) is 6.73. The molecule has 29 heavy (non-hydrogen) atoms. The van der Waals surface area contributed by atoms with Crippen molar-refractivity contribution in [3.63, 3.8) is 0 Å². The summed E-state index contributed by atoms with van der Waals surface area (Å²) in [5, 5.41) is 3.27. The highest BCUT2D eigenvalue weighted by Crippen LogP contribution is 2.35. The Morgan fingerprint density at radius 2 is 1.93 bits per heavy atom. The zero-order chi connectivity index (χ0) is 20.5. The third-order valence-corrected chi connectivity index (χ3v) is 4.69. The van der Waals surface area contributed by atoms with E-state index < -0.39 is 11.6 Å². The van der Waals surface area contributed by atoms with Gasteiger partial charge < -0.3 is 16.0 Å². The Labute approximate surface area is 166 Å². The van der Waals surface area contributed by atoms with Gasteiger partial charge in [0.1, 0.15) is 29.0 Å². The summed E-state index contributed by atoms with van der Waals surface area (Å²) in [6, 6.07) is 11.1. The second kappa shape index (κ2) is 7.48. The fraction of sp³-hybridized carbons (Fsp3) is 0.143. The van der Waals surface area contributed by atoms with Crippen LogP contribution in [0.3, 0.4) is 0 Å². The average Bonchev–Trinajstić information content (AvgIpc) is 3.06. The van der Waals surface area contributed by atoms with Gasteiger partial charge in [-0.1, -0.05) is 17.7 Å². The number of carbonyl (C=O) groups excluding carboxylic acids is 1. The van der Waals surface area contributed by atoms with Gasteiger partial charge >= 0.3 is 0 Å². The average molecular weight is 395 g/mol. The predicted molar refractivity (Wildman–Crippen MR) is 107 cm³/mol. The lowest BCUT2D eigenvalue weighted by Crippen LogP contribution is -2.33. The van der Waals surface area contributed by atoms with Crippen LogP contribution in [-0.4, -0.2) is 26.9 Å². The first-order valence-electron chi connectivity index (χ1n) is 9.04. The van der Waals surface area contributed by atoms with E-state index in [-0.39, 0.29) is 24.6 Å². The van der Waals surface area contributed by atoms with Crippen molar-refractivity contribution in [2.24, 2.45) is 5.73 Å². The first kappa shape index (κ1) is 18.8. The van der Waals surface area contributed by atoms with Gasteiger partial charge in [0.05, 0.1) is 13.1 Å². The monoisotopic (exact) mass is 395 g/mol. The number of anilines is 2. The van der Waals surface area contributed by atoms with Gasteiger partial charge in [-0.3, -0.25) is 9.36 Å². The molecule has 0 saturated heterocycles. The molecule has 148 valence electrons. The fourth-order valence-corrected chi connectivity index (χ4v) is 3.15. The Kier molecular flexibility index (Phi) is 4.85. The van der Waals surface area contributed by atoms with Gasteiger partial charge in [-0.05, 0) is 31.2 Å². The van der Waals surface area contributed by atoms with Crippen molar-refractivity contribution < 1.29 is 13.6 Å². The molecule has 3 N–H and O–H groups in total. The molecule has 2 aromatic carbocycles. The number of rotatable bonds is 4. The summed E-state index contributed by atoms with van der Waals surface area (Å²) in [7, 11) is 0. The van der Waals surface area contributed by atoms with Crippen LogP contribution in [-0.2, 0) is 11.3 Å². The van der Waals surface area contributed by atoms with Crippen LogP contribution < -0.4 is 11.1 Å². The molecular formula is C21H19F2N5O. The van der Waals surface area contributed by atoms with Gasteiger partial charge in [0.25, 0.3) is 0 Å². The molecule has 4 rings (SSSR count). The van der Waals surface area contributed by atoms with Gasteiger partial charge in [0, 0.05) is 29.7 Å². The van der Waals surface area contributed by atoms with Crippen molar-refractivity contribution in [2.75, 3.05) is 11.9 Å². The minimum atomic E-state index is -0.716. The van der Waals surface area contributed by atoms with Gasteiger partial charge in [-0.15, -0.1) is 0 Å². The summed E-state index contributed by atoms with van der Waals surface area (Å²) in [6.07, 6.45) is 3.27. The molecule has 1 aliphatic heterocycles. The molecule has 0 aliphatic carbocycles. The molecule has 6 nitrogen and oxygen atoms in total. The summed E-state index contributed by atoms with van der Waals surface area (Å²) in [6.45, 7) is 2.05. The van der Waals surface area contributed by atoms with E-state index >= 15 is 0 Å². The summed E-state index contributed by atoms with van der Waals surface area (Å²) in [5.41, 5.74) is 7.82. The summed E-state index contributed by atoms with van der Waals surface area (Å²) >= 11 is 0. The Morgan fingerprint density at radius 3 is 2.62 bits per heavy atom. The predicted octanol–water partition coefficient (Wildman–Crippen LogP) is 3.61. The smallest absolute Gasteiger partial charge is 0.240 e. The number of aromatic nitrogens is 2. The number of nitrogens with two attached hydrogens (primary N) is 1. The van der Waals surface area contributed by atoms with E-state index in [1.165, 1.54) is 17.0 Å².